The van der Waals surface area contributed by atoms with Gasteiger partial charge in [-0.3, -0.25) is 9.69 Å². The first-order valence-corrected chi connectivity index (χ1v) is 6.53. The Morgan fingerprint density at radius 3 is 2.62 bits per heavy atom. The molecule has 3 nitrogen and oxygen atoms in total. The van der Waals surface area contributed by atoms with Crippen molar-refractivity contribution in [2.45, 2.75) is 45.6 Å². The van der Waals surface area contributed by atoms with Crippen LogP contribution in [0.2, 0.25) is 0 Å². The van der Waals surface area contributed by atoms with Gasteiger partial charge in [-0.05, 0) is 24.2 Å². The van der Waals surface area contributed by atoms with E-state index in [0.29, 0.717) is 18.4 Å². The zero-order valence-corrected chi connectivity index (χ0v) is 10.4. The molecule has 1 N–H and O–H groups in total. The van der Waals surface area contributed by atoms with Gasteiger partial charge < -0.3 is 5.11 Å². The molecule has 2 fully saturated rings. The molecule has 0 aromatic rings. The normalized spacial score (nSPS) is 37.0. The quantitative estimate of drug-likeness (QED) is 0.800. The van der Waals surface area contributed by atoms with E-state index in [1.807, 2.05) is 0 Å². The van der Waals surface area contributed by atoms with Crippen molar-refractivity contribution in [3.63, 3.8) is 0 Å². The number of carbonyl (C=O) groups is 1. The molecule has 16 heavy (non-hydrogen) atoms. The molecular weight excluding hydrogens is 202 g/mol. The number of aliphatic carboxylic acids is 1. The fourth-order valence-corrected chi connectivity index (χ4v) is 3.33. The smallest absolute Gasteiger partial charge is 0.303 e. The first kappa shape index (κ1) is 11.9. The van der Waals surface area contributed by atoms with Crippen LogP contribution in [0, 0.1) is 17.8 Å². The van der Waals surface area contributed by atoms with Crippen molar-refractivity contribution in [1.82, 2.24) is 4.90 Å². The molecule has 0 aromatic carbocycles. The van der Waals surface area contributed by atoms with Crippen molar-refractivity contribution < 1.29 is 9.90 Å². The molecule has 92 valence electrons. The zero-order chi connectivity index (χ0) is 11.7. The Labute approximate surface area is 97.8 Å². The number of likely N-dealkylation sites (tertiary alicyclic amines) is 1. The molecule has 0 spiro atoms. The monoisotopic (exact) mass is 225 g/mol. The summed E-state index contributed by atoms with van der Waals surface area (Å²) in [7, 11) is 0. The van der Waals surface area contributed by atoms with Crippen LogP contribution in [0.25, 0.3) is 0 Å². The first-order valence-electron chi connectivity index (χ1n) is 6.53. The molecule has 1 aliphatic heterocycles. The molecule has 1 saturated carbocycles. The maximum atomic E-state index is 10.6. The zero-order valence-electron chi connectivity index (χ0n) is 10.4. The molecule has 3 atom stereocenters. The number of hydrogen-bond acceptors (Lipinski definition) is 2. The minimum Gasteiger partial charge on any atom is -0.481 e. The average molecular weight is 225 g/mol. The third kappa shape index (κ3) is 2.40. The van der Waals surface area contributed by atoms with Crippen LogP contribution >= 0.6 is 0 Å². The van der Waals surface area contributed by atoms with E-state index in [-0.39, 0.29) is 0 Å². The van der Waals surface area contributed by atoms with Gasteiger partial charge in [-0.2, -0.15) is 0 Å². The second-order valence-corrected chi connectivity index (χ2v) is 5.75. The van der Waals surface area contributed by atoms with Gasteiger partial charge in [0.25, 0.3) is 0 Å². The molecule has 3 heteroatoms. The lowest BCUT2D eigenvalue weighted by Crippen LogP contribution is -2.56. The molecular formula is C13H23NO2. The predicted octanol–water partition coefficient (Wildman–Crippen LogP) is 2.22. The molecule has 1 saturated heterocycles. The van der Waals surface area contributed by atoms with Crippen LogP contribution in [-0.4, -0.2) is 35.1 Å². The number of carboxylic acid groups (broad SMARTS) is 1. The number of rotatable bonds is 3. The van der Waals surface area contributed by atoms with Gasteiger partial charge >= 0.3 is 5.97 Å². The maximum absolute atomic E-state index is 10.6. The minimum atomic E-state index is -0.644. The lowest BCUT2D eigenvalue weighted by atomic mass is 9.75. The van der Waals surface area contributed by atoms with Gasteiger partial charge in [0, 0.05) is 19.1 Å². The summed E-state index contributed by atoms with van der Waals surface area (Å²) in [6, 6.07) is 0.716. The van der Waals surface area contributed by atoms with Crippen LogP contribution in [-0.2, 0) is 4.79 Å². The molecule has 3 unspecified atom stereocenters. The summed E-state index contributed by atoms with van der Waals surface area (Å²) in [5, 5.41) is 8.72. The van der Waals surface area contributed by atoms with Crippen LogP contribution < -0.4 is 0 Å². The summed E-state index contributed by atoms with van der Waals surface area (Å²) in [4.78, 5) is 13.1. The van der Waals surface area contributed by atoms with E-state index in [2.05, 4.69) is 18.7 Å². The van der Waals surface area contributed by atoms with Crippen molar-refractivity contribution in [3.05, 3.63) is 0 Å². The SMILES string of the molecule is CC1CCCC(N2CC(CC(=O)O)C2)C1C. The molecule has 0 amide bonds. The van der Waals surface area contributed by atoms with Gasteiger partial charge in [0.05, 0.1) is 6.42 Å². The van der Waals surface area contributed by atoms with Gasteiger partial charge in [-0.1, -0.05) is 26.7 Å². The van der Waals surface area contributed by atoms with E-state index >= 15 is 0 Å². The number of carboxylic acids is 1. The Bertz CT molecular complexity index is 261. The maximum Gasteiger partial charge on any atom is 0.303 e. The van der Waals surface area contributed by atoms with Crippen molar-refractivity contribution in [2.75, 3.05) is 13.1 Å². The van der Waals surface area contributed by atoms with Crippen LogP contribution in [0.4, 0.5) is 0 Å². The standard InChI is InChI=1S/C13H23NO2/c1-9-4-3-5-12(10(9)2)14-7-11(8-14)6-13(15)16/h9-12H,3-8H2,1-2H3,(H,15,16). The Morgan fingerprint density at radius 2 is 2.00 bits per heavy atom. The highest BCUT2D eigenvalue weighted by Gasteiger charge is 2.38. The number of hydrogen-bond donors (Lipinski definition) is 1. The Kier molecular flexibility index (Phi) is 3.53. The Hall–Kier alpha value is -0.570. The van der Waals surface area contributed by atoms with Gasteiger partial charge in [-0.15, -0.1) is 0 Å². The molecule has 0 bridgehead atoms. The van der Waals surface area contributed by atoms with Crippen molar-refractivity contribution in [1.29, 1.82) is 0 Å². The molecule has 1 heterocycles. The summed E-state index contributed by atoms with van der Waals surface area (Å²) in [5.74, 6) is 1.37. The largest absolute Gasteiger partial charge is 0.481 e. The second kappa shape index (κ2) is 4.74. The Morgan fingerprint density at radius 1 is 1.31 bits per heavy atom. The van der Waals surface area contributed by atoms with Gasteiger partial charge in [-0.25, -0.2) is 0 Å². The summed E-state index contributed by atoms with van der Waals surface area (Å²) < 4.78 is 0. The van der Waals surface area contributed by atoms with Gasteiger partial charge in [0.15, 0.2) is 0 Å². The van der Waals surface area contributed by atoms with Crippen LogP contribution in [0.15, 0.2) is 0 Å². The van der Waals surface area contributed by atoms with Crippen molar-refractivity contribution in [3.8, 4) is 0 Å². The molecule has 2 aliphatic rings. The third-order valence-electron chi connectivity index (χ3n) is 4.58. The fraction of sp³-hybridized carbons (Fsp3) is 0.923. The number of nitrogens with zero attached hydrogens (tertiary/aromatic N) is 1. The van der Waals surface area contributed by atoms with Crippen molar-refractivity contribution >= 4 is 5.97 Å². The highest BCUT2D eigenvalue weighted by molar-refractivity contribution is 5.67. The molecule has 2 rings (SSSR count). The summed E-state index contributed by atoms with van der Waals surface area (Å²) in [5.41, 5.74) is 0. The predicted molar refractivity (Wildman–Crippen MR) is 63.3 cm³/mol. The van der Waals surface area contributed by atoms with Crippen LogP contribution in [0.5, 0.6) is 0 Å². The average Bonchev–Trinajstić information content (AvgIpc) is 2.16. The summed E-state index contributed by atoms with van der Waals surface area (Å²) in [6.45, 7) is 6.73. The second-order valence-electron chi connectivity index (χ2n) is 5.75. The minimum absolute atomic E-state index is 0.354. The lowest BCUT2D eigenvalue weighted by Gasteiger charge is -2.49. The van der Waals surface area contributed by atoms with E-state index in [0.717, 1.165) is 24.9 Å². The van der Waals surface area contributed by atoms with Crippen molar-refractivity contribution in [2.24, 2.45) is 17.8 Å². The van der Waals surface area contributed by atoms with E-state index in [1.165, 1.54) is 19.3 Å². The summed E-state index contributed by atoms with van der Waals surface area (Å²) >= 11 is 0. The van der Waals surface area contributed by atoms with Crippen LogP contribution in [0.1, 0.15) is 39.5 Å². The molecule has 0 radical (unpaired) electrons. The van der Waals surface area contributed by atoms with E-state index in [1.54, 1.807) is 0 Å². The van der Waals surface area contributed by atoms with E-state index in [9.17, 15) is 4.79 Å². The fourth-order valence-electron chi connectivity index (χ4n) is 3.33. The molecule has 1 aliphatic carbocycles. The van der Waals surface area contributed by atoms with E-state index in [4.69, 9.17) is 5.11 Å². The van der Waals surface area contributed by atoms with Gasteiger partial charge in [0.2, 0.25) is 0 Å². The summed E-state index contributed by atoms with van der Waals surface area (Å²) in [6.07, 6.45) is 4.37. The van der Waals surface area contributed by atoms with E-state index < -0.39 is 5.97 Å². The first-order chi connectivity index (χ1) is 7.58. The van der Waals surface area contributed by atoms with Gasteiger partial charge in [0.1, 0.15) is 0 Å². The topological polar surface area (TPSA) is 40.5 Å². The lowest BCUT2D eigenvalue weighted by molar-refractivity contribution is -0.140. The highest BCUT2D eigenvalue weighted by atomic mass is 16.4. The Balaban J connectivity index is 1.80. The highest BCUT2D eigenvalue weighted by Crippen LogP contribution is 2.36. The van der Waals surface area contributed by atoms with Crippen LogP contribution in [0.3, 0.4) is 0 Å². The third-order valence-corrected chi connectivity index (χ3v) is 4.58. The molecule has 0 aromatic heterocycles.